The Morgan fingerprint density at radius 1 is 1.32 bits per heavy atom. The second-order valence-electron chi connectivity index (χ2n) is 5.69. The van der Waals surface area contributed by atoms with E-state index in [9.17, 15) is 4.79 Å². The Balaban J connectivity index is 2.14. The van der Waals surface area contributed by atoms with E-state index in [1.54, 1.807) is 19.0 Å². The summed E-state index contributed by atoms with van der Waals surface area (Å²) >= 11 is 1.39. The number of aryl methyl sites for hydroxylation is 1. The molecular weight excluding hydrogens is 294 g/mol. The molecule has 2 rings (SSSR count). The van der Waals surface area contributed by atoms with Gasteiger partial charge in [0.05, 0.1) is 5.69 Å². The number of aromatic nitrogens is 1. The van der Waals surface area contributed by atoms with Crippen LogP contribution in [-0.2, 0) is 0 Å². The zero-order valence-corrected chi connectivity index (χ0v) is 14.6. The normalized spacial score (nSPS) is 12.0. The third kappa shape index (κ3) is 3.65. The third-order valence-electron chi connectivity index (χ3n) is 3.74. The van der Waals surface area contributed by atoms with Gasteiger partial charge in [-0.2, -0.15) is 0 Å². The molecule has 1 heterocycles. The predicted molar refractivity (Wildman–Crippen MR) is 93.3 cm³/mol. The second-order valence-corrected chi connectivity index (χ2v) is 6.69. The predicted octanol–water partition coefficient (Wildman–Crippen LogP) is 4.41. The number of carbonyl (C=O) groups is 1. The minimum atomic E-state index is -0.00447. The largest absolute Gasteiger partial charge is 0.344 e. The van der Waals surface area contributed by atoms with Crippen LogP contribution < -0.4 is 5.32 Å². The van der Waals surface area contributed by atoms with Gasteiger partial charge in [0, 0.05) is 19.8 Å². The van der Waals surface area contributed by atoms with Gasteiger partial charge in [-0.15, -0.1) is 0 Å². The van der Waals surface area contributed by atoms with Crippen molar-refractivity contribution >= 4 is 28.1 Å². The first-order chi connectivity index (χ1) is 10.4. The number of thiazole rings is 1. The second kappa shape index (κ2) is 6.92. The average molecular weight is 317 g/mol. The Labute approximate surface area is 136 Å². The fourth-order valence-electron chi connectivity index (χ4n) is 2.11. The van der Waals surface area contributed by atoms with Gasteiger partial charge in [-0.05, 0) is 37.0 Å². The number of amides is 1. The first-order valence-electron chi connectivity index (χ1n) is 7.48. The molecule has 0 fully saturated rings. The van der Waals surface area contributed by atoms with Gasteiger partial charge in [0.2, 0.25) is 0 Å². The maximum atomic E-state index is 12.1. The molecule has 1 aromatic carbocycles. The fourth-order valence-corrected chi connectivity index (χ4v) is 3.11. The van der Waals surface area contributed by atoms with Crippen LogP contribution in [0.1, 0.15) is 47.1 Å². The average Bonchev–Trinajstić information content (AvgIpc) is 2.86. The minimum absolute atomic E-state index is 0.00447. The van der Waals surface area contributed by atoms with Crippen molar-refractivity contribution in [3.8, 4) is 0 Å². The summed E-state index contributed by atoms with van der Waals surface area (Å²) in [6.45, 7) is 6.29. The number of nitrogens with zero attached hydrogens (tertiary/aromatic N) is 2. The lowest BCUT2D eigenvalue weighted by molar-refractivity contribution is 0.0831. The van der Waals surface area contributed by atoms with Crippen molar-refractivity contribution in [1.29, 1.82) is 0 Å². The zero-order valence-electron chi connectivity index (χ0n) is 13.8. The zero-order chi connectivity index (χ0) is 16.3. The highest BCUT2D eigenvalue weighted by atomic mass is 32.1. The van der Waals surface area contributed by atoms with Crippen molar-refractivity contribution in [3.63, 3.8) is 0 Å². The van der Waals surface area contributed by atoms with E-state index < -0.39 is 0 Å². The summed E-state index contributed by atoms with van der Waals surface area (Å²) in [7, 11) is 3.50. The molecule has 2 aromatic rings. The topological polar surface area (TPSA) is 45.2 Å². The molecular formula is C17H23N3OS. The van der Waals surface area contributed by atoms with Crippen molar-refractivity contribution < 1.29 is 4.79 Å². The van der Waals surface area contributed by atoms with E-state index in [0.717, 1.165) is 22.9 Å². The van der Waals surface area contributed by atoms with E-state index in [-0.39, 0.29) is 5.91 Å². The van der Waals surface area contributed by atoms with E-state index in [1.807, 2.05) is 6.92 Å². The number of carbonyl (C=O) groups excluding carboxylic acids is 1. The maximum absolute atomic E-state index is 12.1. The number of benzene rings is 1. The molecule has 0 aliphatic carbocycles. The Morgan fingerprint density at radius 2 is 1.95 bits per heavy atom. The van der Waals surface area contributed by atoms with Crippen LogP contribution in [0.2, 0.25) is 0 Å². The van der Waals surface area contributed by atoms with Crippen molar-refractivity contribution in [2.24, 2.45) is 0 Å². The molecule has 0 aliphatic heterocycles. The Bertz CT molecular complexity index is 646. The highest BCUT2D eigenvalue weighted by molar-refractivity contribution is 7.17. The Kier molecular flexibility index (Phi) is 5.19. The van der Waals surface area contributed by atoms with Crippen LogP contribution in [0.3, 0.4) is 0 Å². The number of anilines is 2. The first-order valence-corrected chi connectivity index (χ1v) is 8.30. The van der Waals surface area contributed by atoms with Crippen LogP contribution in [0.5, 0.6) is 0 Å². The highest BCUT2D eigenvalue weighted by Crippen LogP contribution is 2.27. The third-order valence-corrected chi connectivity index (χ3v) is 4.80. The standard InChI is InChI=1S/C17H23N3OS/c1-6-11(2)13-7-9-14(10-8-13)19-17-18-12(3)15(22-17)16(21)20(4)5/h7-11H,6H2,1-5H3,(H,18,19)/t11-/m0/s1. The number of rotatable bonds is 5. The molecule has 0 aliphatic rings. The summed E-state index contributed by atoms with van der Waals surface area (Å²) in [6, 6.07) is 8.41. The molecule has 0 saturated heterocycles. The van der Waals surface area contributed by atoms with E-state index in [1.165, 1.54) is 16.9 Å². The first kappa shape index (κ1) is 16.5. The van der Waals surface area contributed by atoms with Gasteiger partial charge < -0.3 is 10.2 Å². The van der Waals surface area contributed by atoms with Gasteiger partial charge in [0.15, 0.2) is 5.13 Å². The lowest BCUT2D eigenvalue weighted by atomic mass is 9.99. The smallest absolute Gasteiger partial charge is 0.265 e. The summed E-state index contributed by atoms with van der Waals surface area (Å²) in [5, 5.41) is 4.03. The van der Waals surface area contributed by atoms with Crippen molar-refractivity contribution in [2.45, 2.75) is 33.1 Å². The molecule has 0 bridgehead atoms. The van der Waals surface area contributed by atoms with Crippen LogP contribution in [0.15, 0.2) is 24.3 Å². The van der Waals surface area contributed by atoms with Gasteiger partial charge in [-0.3, -0.25) is 4.79 Å². The summed E-state index contributed by atoms with van der Waals surface area (Å²) in [6.07, 6.45) is 1.13. The van der Waals surface area contributed by atoms with Crippen LogP contribution in [0, 0.1) is 6.92 Å². The van der Waals surface area contributed by atoms with Crippen molar-refractivity contribution in [3.05, 3.63) is 40.4 Å². The Morgan fingerprint density at radius 3 is 2.50 bits per heavy atom. The molecule has 118 valence electrons. The fraction of sp³-hybridized carbons (Fsp3) is 0.412. The lowest BCUT2D eigenvalue weighted by Gasteiger charge is -2.10. The van der Waals surface area contributed by atoms with Gasteiger partial charge in [-0.1, -0.05) is 37.3 Å². The molecule has 1 atom stereocenters. The molecule has 22 heavy (non-hydrogen) atoms. The van der Waals surface area contributed by atoms with Crippen molar-refractivity contribution in [2.75, 3.05) is 19.4 Å². The molecule has 4 nitrogen and oxygen atoms in total. The number of nitrogens with one attached hydrogen (secondary N) is 1. The Hall–Kier alpha value is -1.88. The van der Waals surface area contributed by atoms with Gasteiger partial charge in [-0.25, -0.2) is 4.98 Å². The van der Waals surface area contributed by atoms with E-state index in [4.69, 9.17) is 0 Å². The van der Waals surface area contributed by atoms with E-state index in [2.05, 4.69) is 48.4 Å². The van der Waals surface area contributed by atoms with E-state index >= 15 is 0 Å². The van der Waals surface area contributed by atoms with E-state index in [0.29, 0.717) is 10.8 Å². The van der Waals surface area contributed by atoms with Crippen LogP contribution >= 0.6 is 11.3 Å². The number of hydrogen-bond acceptors (Lipinski definition) is 4. The molecule has 0 saturated carbocycles. The maximum Gasteiger partial charge on any atom is 0.265 e. The van der Waals surface area contributed by atoms with Crippen molar-refractivity contribution in [1.82, 2.24) is 9.88 Å². The number of hydrogen-bond donors (Lipinski definition) is 1. The van der Waals surface area contributed by atoms with Crippen LogP contribution in [-0.4, -0.2) is 29.9 Å². The molecule has 0 unspecified atom stereocenters. The van der Waals surface area contributed by atoms with Gasteiger partial charge >= 0.3 is 0 Å². The van der Waals surface area contributed by atoms with Gasteiger partial charge in [0.25, 0.3) is 5.91 Å². The molecule has 5 heteroatoms. The van der Waals surface area contributed by atoms with Gasteiger partial charge in [0.1, 0.15) is 4.88 Å². The highest BCUT2D eigenvalue weighted by Gasteiger charge is 2.16. The summed E-state index contributed by atoms with van der Waals surface area (Å²) in [5.74, 6) is 0.565. The lowest BCUT2D eigenvalue weighted by Crippen LogP contribution is -2.21. The van der Waals surface area contributed by atoms with Crippen LogP contribution in [0.25, 0.3) is 0 Å². The molecule has 1 N–H and O–H groups in total. The molecule has 0 radical (unpaired) electrons. The monoisotopic (exact) mass is 317 g/mol. The molecule has 0 spiro atoms. The SMILES string of the molecule is CC[C@H](C)c1ccc(Nc2nc(C)c(C(=O)N(C)C)s2)cc1. The summed E-state index contributed by atoms with van der Waals surface area (Å²) in [5.41, 5.74) is 3.10. The summed E-state index contributed by atoms with van der Waals surface area (Å²) < 4.78 is 0. The molecule has 1 amide bonds. The minimum Gasteiger partial charge on any atom is -0.344 e. The summed E-state index contributed by atoms with van der Waals surface area (Å²) in [4.78, 5) is 18.8. The quantitative estimate of drug-likeness (QED) is 0.888. The molecule has 1 aromatic heterocycles. The van der Waals surface area contributed by atoms with Crippen LogP contribution in [0.4, 0.5) is 10.8 Å².